The summed E-state index contributed by atoms with van der Waals surface area (Å²) < 4.78 is 5.84. The lowest BCUT2D eigenvalue weighted by Crippen LogP contribution is -2.41. The van der Waals surface area contributed by atoms with Crippen LogP contribution in [0.1, 0.15) is 41.8 Å². The van der Waals surface area contributed by atoms with Crippen LogP contribution in [0, 0.1) is 13.8 Å². The molecule has 0 amide bonds. The summed E-state index contributed by atoms with van der Waals surface area (Å²) in [6, 6.07) is 0.428. The molecule has 0 aliphatic carbocycles. The molecule has 2 heterocycles. The van der Waals surface area contributed by atoms with Gasteiger partial charge in [0, 0.05) is 23.9 Å². The van der Waals surface area contributed by atoms with Crippen LogP contribution in [0.15, 0.2) is 0 Å². The van der Waals surface area contributed by atoms with E-state index in [9.17, 15) is 0 Å². The minimum absolute atomic E-state index is 0.376. The Kier molecular flexibility index (Phi) is 5.15. The molecule has 2 rings (SSSR count). The van der Waals surface area contributed by atoms with Crippen LogP contribution in [0.25, 0.3) is 0 Å². The second-order valence-electron chi connectivity index (χ2n) is 5.07. The Morgan fingerprint density at radius 1 is 1.50 bits per heavy atom. The van der Waals surface area contributed by atoms with E-state index in [0.717, 1.165) is 19.6 Å². The Morgan fingerprint density at radius 3 is 2.89 bits per heavy atom. The number of nitrogens with zero attached hydrogens (tertiary/aromatic N) is 1. The molecule has 3 nitrogen and oxygen atoms in total. The van der Waals surface area contributed by atoms with Crippen LogP contribution in [0.5, 0.6) is 0 Å². The third-order valence-electron chi connectivity index (χ3n) is 3.54. The van der Waals surface area contributed by atoms with Crippen molar-refractivity contribution in [3.05, 3.63) is 15.6 Å². The fourth-order valence-electron chi connectivity index (χ4n) is 2.40. The quantitative estimate of drug-likeness (QED) is 0.861. The molecule has 0 aromatic carbocycles. The largest absolute Gasteiger partial charge is 0.377 e. The number of nitrogens with one attached hydrogen (secondary N) is 1. The van der Waals surface area contributed by atoms with Crippen LogP contribution in [0.3, 0.4) is 0 Å². The minimum atomic E-state index is 0.376. The van der Waals surface area contributed by atoms with Gasteiger partial charge in [-0.25, -0.2) is 4.98 Å². The first-order chi connectivity index (χ1) is 8.70. The van der Waals surface area contributed by atoms with E-state index in [1.807, 2.05) is 11.3 Å². The number of ether oxygens (including phenoxy) is 1. The predicted octanol–water partition coefficient (Wildman–Crippen LogP) is 2.85. The lowest BCUT2D eigenvalue weighted by Gasteiger charge is -2.23. The van der Waals surface area contributed by atoms with Crippen molar-refractivity contribution in [2.75, 3.05) is 13.2 Å². The smallest absolute Gasteiger partial charge is 0.0947 e. The zero-order chi connectivity index (χ0) is 13.0. The molecule has 1 aliphatic heterocycles. The molecular formula is C14H24N2OS. The Balaban J connectivity index is 1.99. The van der Waals surface area contributed by atoms with Gasteiger partial charge in [-0.15, -0.1) is 11.3 Å². The highest BCUT2D eigenvalue weighted by atomic mass is 32.1. The highest BCUT2D eigenvalue weighted by molar-refractivity contribution is 7.11. The first-order valence-corrected chi connectivity index (χ1v) is 7.80. The van der Waals surface area contributed by atoms with Gasteiger partial charge in [0.15, 0.2) is 0 Å². The first-order valence-electron chi connectivity index (χ1n) is 6.98. The van der Waals surface area contributed by atoms with Gasteiger partial charge >= 0.3 is 0 Å². The Labute approximate surface area is 114 Å². The molecule has 1 N–H and O–H groups in total. The van der Waals surface area contributed by atoms with E-state index in [2.05, 4.69) is 31.1 Å². The zero-order valence-corrected chi connectivity index (χ0v) is 12.5. The third kappa shape index (κ3) is 3.53. The van der Waals surface area contributed by atoms with Crippen LogP contribution < -0.4 is 5.32 Å². The van der Waals surface area contributed by atoms with Crippen molar-refractivity contribution in [1.29, 1.82) is 0 Å². The minimum Gasteiger partial charge on any atom is -0.377 e. The van der Waals surface area contributed by atoms with Crippen LogP contribution in [-0.4, -0.2) is 30.3 Å². The average Bonchev–Trinajstić information content (AvgIpc) is 2.96. The number of rotatable bonds is 6. The summed E-state index contributed by atoms with van der Waals surface area (Å²) in [5, 5.41) is 4.87. The highest BCUT2D eigenvalue weighted by Gasteiger charge is 2.26. The molecule has 1 aliphatic rings. The number of thiazole rings is 1. The highest BCUT2D eigenvalue weighted by Crippen LogP contribution is 2.22. The normalized spacial score (nSPS) is 21.4. The van der Waals surface area contributed by atoms with E-state index in [1.54, 1.807) is 0 Å². The molecule has 4 heteroatoms. The van der Waals surface area contributed by atoms with Crippen molar-refractivity contribution in [2.45, 2.75) is 58.6 Å². The number of hydrogen-bond acceptors (Lipinski definition) is 4. The van der Waals surface area contributed by atoms with E-state index in [0.29, 0.717) is 12.1 Å². The molecule has 1 aromatic rings. The van der Waals surface area contributed by atoms with Gasteiger partial charge in [-0.1, -0.05) is 6.92 Å². The second kappa shape index (κ2) is 6.64. The number of hydrogen-bond donors (Lipinski definition) is 1. The Hall–Kier alpha value is -0.450. The maximum atomic E-state index is 5.84. The molecule has 1 saturated heterocycles. The van der Waals surface area contributed by atoms with Gasteiger partial charge in [0.1, 0.15) is 0 Å². The summed E-state index contributed by atoms with van der Waals surface area (Å²) in [5.74, 6) is 0. The summed E-state index contributed by atoms with van der Waals surface area (Å²) in [7, 11) is 0. The van der Waals surface area contributed by atoms with Crippen molar-refractivity contribution in [3.63, 3.8) is 0 Å². The summed E-state index contributed by atoms with van der Waals surface area (Å²) >= 11 is 1.83. The summed E-state index contributed by atoms with van der Waals surface area (Å²) in [6.45, 7) is 8.43. The fraction of sp³-hybridized carbons (Fsp3) is 0.786. The van der Waals surface area contributed by atoms with Crippen molar-refractivity contribution < 1.29 is 4.74 Å². The van der Waals surface area contributed by atoms with Gasteiger partial charge in [-0.05, 0) is 39.7 Å². The lowest BCUT2D eigenvalue weighted by atomic mass is 10.0. The molecule has 102 valence electrons. The summed E-state index contributed by atoms with van der Waals surface area (Å²) in [5.41, 5.74) is 1.18. The van der Waals surface area contributed by atoms with E-state index in [1.165, 1.54) is 34.8 Å². The molecular weight excluding hydrogens is 244 g/mol. The van der Waals surface area contributed by atoms with Crippen LogP contribution in [0.2, 0.25) is 0 Å². The molecule has 0 bridgehead atoms. The van der Waals surface area contributed by atoms with Gasteiger partial charge in [0.05, 0.1) is 16.8 Å². The van der Waals surface area contributed by atoms with Gasteiger partial charge < -0.3 is 10.1 Å². The molecule has 0 radical (unpaired) electrons. The standard InChI is InChI=1S/C14H24N2OS/c1-4-7-15-12(13-6-5-8-17-13)9-14-16-10(2)11(3)18-14/h12-13,15H,4-9H2,1-3H3. The van der Waals surface area contributed by atoms with E-state index in [-0.39, 0.29) is 0 Å². The number of aryl methyl sites for hydroxylation is 2. The second-order valence-corrected chi connectivity index (χ2v) is 6.35. The van der Waals surface area contributed by atoms with Crippen LogP contribution in [-0.2, 0) is 11.2 Å². The molecule has 18 heavy (non-hydrogen) atoms. The van der Waals surface area contributed by atoms with Gasteiger partial charge in [-0.3, -0.25) is 0 Å². The van der Waals surface area contributed by atoms with E-state index < -0.39 is 0 Å². The lowest BCUT2D eigenvalue weighted by molar-refractivity contribution is 0.0784. The zero-order valence-electron chi connectivity index (χ0n) is 11.7. The SMILES string of the molecule is CCCNC(Cc1nc(C)c(C)s1)C1CCCO1. The van der Waals surface area contributed by atoms with Crippen molar-refractivity contribution in [1.82, 2.24) is 10.3 Å². The maximum Gasteiger partial charge on any atom is 0.0947 e. The van der Waals surface area contributed by atoms with Crippen LogP contribution >= 0.6 is 11.3 Å². The topological polar surface area (TPSA) is 34.2 Å². The predicted molar refractivity (Wildman–Crippen MR) is 76.3 cm³/mol. The molecule has 2 atom stereocenters. The van der Waals surface area contributed by atoms with Crippen molar-refractivity contribution >= 4 is 11.3 Å². The average molecular weight is 268 g/mol. The third-order valence-corrected chi connectivity index (χ3v) is 4.63. The monoisotopic (exact) mass is 268 g/mol. The van der Waals surface area contributed by atoms with E-state index >= 15 is 0 Å². The van der Waals surface area contributed by atoms with Crippen molar-refractivity contribution in [2.24, 2.45) is 0 Å². The van der Waals surface area contributed by atoms with E-state index in [4.69, 9.17) is 4.74 Å². The first kappa shape index (κ1) is 14.0. The van der Waals surface area contributed by atoms with Crippen LogP contribution in [0.4, 0.5) is 0 Å². The summed E-state index contributed by atoms with van der Waals surface area (Å²) in [4.78, 5) is 5.99. The number of aromatic nitrogens is 1. The molecule has 0 saturated carbocycles. The van der Waals surface area contributed by atoms with Crippen molar-refractivity contribution in [3.8, 4) is 0 Å². The molecule has 1 fully saturated rings. The Morgan fingerprint density at radius 2 is 2.33 bits per heavy atom. The summed E-state index contributed by atoms with van der Waals surface area (Å²) in [6.07, 6.45) is 4.93. The molecule has 0 spiro atoms. The molecule has 1 aromatic heterocycles. The maximum absolute atomic E-state index is 5.84. The van der Waals surface area contributed by atoms with Gasteiger partial charge in [-0.2, -0.15) is 0 Å². The Bertz CT molecular complexity index is 352. The van der Waals surface area contributed by atoms with Gasteiger partial charge in [0.25, 0.3) is 0 Å². The molecule has 2 unspecified atom stereocenters. The fourth-order valence-corrected chi connectivity index (χ4v) is 3.39. The van der Waals surface area contributed by atoms with Gasteiger partial charge in [0.2, 0.25) is 0 Å².